The second-order valence-electron chi connectivity index (χ2n) is 2.02. The van der Waals surface area contributed by atoms with Crippen molar-refractivity contribution in [1.82, 2.24) is 5.32 Å². The van der Waals surface area contributed by atoms with Crippen LogP contribution in [0, 0.1) is 0 Å². The van der Waals surface area contributed by atoms with Gasteiger partial charge in [0.25, 0.3) is 0 Å². The van der Waals surface area contributed by atoms with Crippen molar-refractivity contribution in [3.63, 3.8) is 0 Å². The summed E-state index contributed by atoms with van der Waals surface area (Å²) in [5.74, 6) is -0.852. The van der Waals surface area contributed by atoms with Gasteiger partial charge in [0, 0.05) is 0 Å². The zero-order valence-corrected chi connectivity index (χ0v) is 6.59. The quantitative estimate of drug-likeness (QED) is 0.499. The Morgan fingerprint density at radius 2 is 2.18 bits per heavy atom. The number of carbonyl (C=O) groups is 2. The molecule has 5 nitrogen and oxygen atoms in total. The molecule has 0 bridgehead atoms. The number of methoxy groups -OCH3 is 1. The number of hydrogen-bond acceptors (Lipinski definition) is 4. The zero-order valence-electron chi connectivity index (χ0n) is 6.59. The summed E-state index contributed by atoms with van der Waals surface area (Å²) < 4.78 is 4.36. The molecule has 0 aliphatic carbocycles. The molecule has 64 valence electrons. The maximum atomic E-state index is 10.7. The number of nitrogens with one attached hydrogen (secondary N) is 1. The summed E-state index contributed by atoms with van der Waals surface area (Å²) >= 11 is 0. The van der Waals surface area contributed by atoms with E-state index in [1.165, 1.54) is 14.0 Å². The Hall–Kier alpha value is -1.10. The molecule has 11 heavy (non-hydrogen) atoms. The molecule has 0 aromatic rings. The highest BCUT2D eigenvalue weighted by atomic mass is 16.5. The lowest BCUT2D eigenvalue weighted by molar-refractivity contribution is -0.144. The van der Waals surface area contributed by atoms with E-state index in [-0.39, 0.29) is 12.5 Å². The second-order valence-corrected chi connectivity index (χ2v) is 2.02. The van der Waals surface area contributed by atoms with Gasteiger partial charge in [-0.1, -0.05) is 0 Å². The van der Waals surface area contributed by atoms with Crippen molar-refractivity contribution >= 4 is 11.9 Å². The zero-order chi connectivity index (χ0) is 8.85. The molecule has 1 amide bonds. The van der Waals surface area contributed by atoms with E-state index >= 15 is 0 Å². The van der Waals surface area contributed by atoms with Crippen molar-refractivity contribution in [3.8, 4) is 0 Å². The van der Waals surface area contributed by atoms with Gasteiger partial charge in [-0.15, -0.1) is 0 Å². The van der Waals surface area contributed by atoms with Crippen LogP contribution in [-0.2, 0) is 14.3 Å². The number of amides is 1. The largest absolute Gasteiger partial charge is 0.467 e. The monoisotopic (exact) mass is 160 g/mol. The molecule has 0 saturated heterocycles. The molecule has 3 N–H and O–H groups in total. The number of esters is 1. The fraction of sp³-hybridized carbons (Fsp3) is 0.667. The van der Waals surface area contributed by atoms with Gasteiger partial charge in [0.2, 0.25) is 5.91 Å². The van der Waals surface area contributed by atoms with Gasteiger partial charge in [-0.25, -0.2) is 4.79 Å². The van der Waals surface area contributed by atoms with Crippen molar-refractivity contribution in [2.24, 2.45) is 5.73 Å². The molecule has 0 saturated carbocycles. The van der Waals surface area contributed by atoms with Crippen molar-refractivity contribution in [2.45, 2.75) is 13.0 Å². The third kappa shape index (κ3) is 3.57. The maximum Gasteiger partial charge on any atom is 0.328 e. The number of carbonyl (C=O) groups excluding carboxylic acids is 2. The smallest absolute Gasteiger partial charge is 0.328 e. The van der Waals surface area contributed by atoms with Gasteiger partial charge in [-0.05, 0) is 6.92 Å². The van der Waals surface area contributed by atoms with Gasteiger partial charge < -0.3 is 15.8 Å². The lowest BCUT2D eigenvalue weighted by atomic mass is 10.3. The third-order valence-corrected chi connectivity index (χ3v) is 1.12. The van der Waals surface area contributed by atoms with Gasteiger partial charge >= 0.3 is 5.97 Å². The lowest BCUT2D eigenvalue weighted by Gasteiger charge is -2.09. The van der Waals surface area contributed by atoms with Gasteiger partial charge in [0.15, 0.2) is 0 Å². The van der Waals surface area contributed by atoms with Crippen LogP contribution in [-0.4, -0.2) is 31.6 Å². The predicted octanol–water partition coefficient (Wildman–Crippen LogP) is -1.38. The summed E-state index contributed by atoms with van der Waals surface area (Å²) in [5, 5.41) is 2.34. The number of ether oxygens (including phenoxy) is 1. The maximum absolute atomic E-state index is 10.7. The van der Waals surface area contributed by atoms with Crippen LogP contribution in [0.1, 0.15) is 6.92 Å². The van der Waals surface area contributed by atoms with Crippen LogP contribution < -0.4 is 11.1 Å². The Bertz CT molecular complexity index is 158. The van der Waals surface area contributed by atoms with Crippen molar-refractivity contribution < 1.29 is 14.3 Å². The van der Waals surface area contributed by atoms with Crippen LogP contribution in [0.5, 0.6) is 0 Å². The van der Waals surface area contributed by atoms with Crippen LogP contribution in [0.4, 0.5) is 0 Å². The molecular formula is C6H12N2O3. The summed E-state index contributed by atoms with van der Waals surface area (Å²) in [7, 11) is 1.26. The van der Waals surface area contributed by atoms with E-state index in [9.17, 15) is 9.59 Å². The van der Waals surface area contributed by atoms with Gasteiger partial charge in [-0.2, -0.15) is 0 Å². The summed E-state index contributed by atoms with van der Waals surface area (Å²) in [6.45, 7) is 1.40. The molecule has 0 unspecified atom stereocenters. The molecule has 0 spiro atoms. The highest BCUT2D eigenvalue weighted by Gasteiger charge is 2.13. The van der Waals surface area contributed by atoms with Crippen molar-refractivity contribution in [3.05, 3.63) is 0 Å². The van der Waals surface area contributed by atoms with E-state index in [0.29, 0.717) is 0 Å². The first kappa shape index (κ1) is 9.90. The number of rotatable bonds is 3. The first-order valence-corrected chi connectivity index (χ1v) is 3.19. The van der Waals surface area contributed by atoms with E-state index in [1.54, 1.807) is 0 Å². The second kappa shape index (κ2) is 4.68. The fourth-order valence-corrected chi connectivity index (χ4v) is 0.536. The molecule has 0 aromatic carbocycles. The molecule has 0 fully saturated rings. The van der Waals surface area contributed by atoms with Gasteiger partial charge in [0.05, 0.1) is 13.7 Å². The Morgan fingerprint density at radius 1 is 1.64 bits per heavy atom. The number of hydrogen-bond donors (Lipinski definition) is 2. The Kier molecular flexibility index (Phi) is 4.21. The van der Waals surface area contributed by atoms with Gasteiger partial charge in [0.1, 0.15) is 6.04 Å². The van der Waals surface area contributed by atoms with Crippen LogP contribution >= 0.6 is 0 Å². The SMILES string of the molecule is COC(=O)[C@@H](C)NC(=O)CN. The van der Waals surface area contributed by atoms with E-state index in [0.717, 1.165) is 0 Å². The Morgan fingerprint density at radius 3 is 2.55 bits per heavy atom. The predicted molar refractivity (Wildman–Crippen MR) is 38.7 cm³/mol. The summed E-state index contributed by atoms with van der Waals surface area (Å²) in [4.78, 5) is 21.3. The van der Waals surface area contributed by atoms with E-state index in [2.05, 4.69) is 10.1 Å². The Balaban J connectivity index is 3.77. The lowest BCUT2D eigenvalue weighted by Crippen LogP contribution is -2.42. The van der Waals surface area contributed by atoms with Crippen LogP contribution in [0.15, 0.2) is 0 Å². The van der Waals surface area contributed by atoms with Crippen LogP contribution in [0.2, 0.25) is 0 Å². The topological polar surface area (TPSA) is 81.4 Å². The fourth-order valence-electron chi connectivity index (χ4n) is 0.536. The third-order valence-electron chi connectivity index (χ3n) is 1.12. The van der Waals surface area contributed by atoms with E-state index in [4.69, 9.17) is 5.73 Å². The molecule has 5 heteroatoms. The highest BCUT2D eigenvalue weighted by Crippen LogP contribution is 1.84. The normalized spacial score (nSPS) is 11.9. The van der Waals surface area contributed by atoms with Crippen molar-refractivity contribution in [1.29, 1.82) is 0 Å². The van der Waals surface area contributed by atoms with Gasteiger partial charge in [-0.3, -0.25) is 4.79 Å². The average molecular weight is 160 g/mol. The minimum absolute atomic E-state index is 0.124. The minimum Gasteiger partial charge on any atom is -0.467 e. The molecule has 0 rings (SSSR count). The highest BCUT2D eigenvalue weighted by molar-refractivity contribution is 5.84. The van der Waals surface area contributed by atoms with E-state index < -0.39 is 12.0 Å². The minimum atomic E-state index is -0.629. The molecule has 0 aliphatic heterocycles. The first-order chi connectivity index (χ1) is 5.11. The molecule has 0 radical (unpaired) electrons. The standard InChI is InChI=1S/C6H12N2O3/c1-4(6(10)11-2)8-5(9)3-7/h4H,3,7H2,1-2H3,(H,8,9)/t4-/m1/s1. The Labute approximate surface area is 64.9 Å². The molecule has 0 aromatic heterocycles. The molecule has 1 atom stereocenters. The van der Waals surface area contributed by atoms with E-state index in [1.807, 2.05) is 0 Å². The average Bonchev–Trinajstić information content (AvgIpc) is 2.02. The molecule has 0 aliphatic rings. The first-order valence-electron chi connectivity index (χ1n) is 3.19. The summed E-state index contributed by atoms with van der Waals surface area (Å²) in [5.41, 5.74) is 5.00. The van der Waals surface area contributed by atoms with Crippen LogP contribution in [0.25, 0.3) is 0 Å². The summed E-state index contributed by atoms with van der Waals surface area (Å²) in [6.07, 6.45) is 0. The van der Waals surface area contributed by atoms with Crippen molar-refractivity contribution in [2.75, 3.05) is 13.7 Å². The molecular weight excluding hydrogens is 148 g/mol. The summed E-state index contributed by atoms with van der Waals surface area (Å²) in [6, 6.07) is -0.629. The number of nitrogens with two attached hydrogens (primary N) is 1. The molecule has 0 heterocycles. The van der Waals surface area contributed by atoms with Crippen LogP contribution in [0.3, 0.4) is 0 Å².